The number of carbonyl (C=O) groups excluding carboxylic acids is 1. The molecule has 1 N–H and O–H groups in total. The van der Waals surface area contributed by atoms with Crippen LogP contribution < -0.4 is 10.1 Å². The van der Waals surface area contributed by atoms with Crippen LogP contribution in [0.25, 0.3) is 22.6 Å². The van der Waals surface area contributed by atoms with Crippen LogP contribution in [0.1, 0.15) is 15.9 Å². The second-order valence-corrected chi connectivity index (χ2v) is 7.29. The fraction of sp³-hybridized carbons (Fsp3) is 0.0909. The molecule has 0 atom stereocenters. The molecule has 28 heavy (non-hydrogen) atoms. The quantitative estimate of drug-likeness (QED) is 0.437. The Balaban J connectivity index is 1.63. The second-order valence-electron chi connectivity index (χ2n) is 6.37. The Morgan fingerprint density at radius 3 is 2.75 bits per heavy atom. The summed E-state index contributed by atoms with van der Waals surface area (Å²) < 4.78 is 12.0. The van der Waals surface area contributed by atoms with Crippen molar-refractivity contribution < 1.29 is 13.9 Å². The summed E-state index contributed by atoms with van der Waals surface area (Å²) >= 11 is 3.38. The number of ether oxygens (including phenoxy) is 1. The average molecular weight is 437 g/mol. The molecule has 0 saturated heterocycles. The lowest BCUT2D eigenvalue weighted by Crippen LogP contribution is -2.13. The number of benzene rings is 3. The zero-order chi connectivity index (χ0) is 19.7. The Bertz CT molecular complexity index is 1180. The number of hydrogen-bond acceptors (Lipinski definition) is 4. The highest BCUT2D eigenvalue weighted by molar-refractivity contribution is 9.10. The standard InChI is InChI=1S/C22H17BrN2O3/c1-13-4-3-5-14(10-13)22-25-18-8-7-16(12-20(18)28-22)24-21(26)17-11-15(23)6-9-19(17)27-2/h3-12H,1-2H3,(H,24,26). The zero-order valence-corrected chi connectivity index (χ0v) is 16.9. The van der Waals surface area contributed by atoms with E-state index in [0.717, 1.165) is 21.1 Å². The molecule has 0 fully saturated rings. The number of amides is 1. The van der Waals surface area contributed by atoms with Crippen LogP contribution in [0, 0.1) is 6.92 Å². The SMILES string of the molecule is COc1ccc(Br)cc1C(=O)Nc1ccc2nc(-c3cccc(C)c3)oc2c1. The number of carbonyl (C=O) groups is 1. The number of methoxy groups -OCH3 is 1. The van der Waals surface area contributed by atoms with Crippen molar-refractivity contribution in [1.29, 1.82) is 0 Å². The monoisotopic (exact) mass is 436 g/mol. The smallest absolute Gasteiger partial charge is 0.259 e. The van der Waals surface area contributed by atoms with Crippen molar-refractivity contribution in [2.24, 2.45) is 0 Å². The number of hydrogen-bond donors (Lipinski definition) is 1. The predicted octanol–water partition coefficient (Wildman–Crippen LogP) is 5.83. The number of anilines is 1. The molecule has 5 nitrogen and oxygen atoms in total. The molecule has 0 spiro atoms. The van der Waals surface area contributed by atoms with E-state index >= 15 is 0 Å². The molecule has 0 aliphatic carbocycles. The number of aryl methyl sites for hydroxylation is 1. The van der Waals surface area contributed by atoms with Crippen LogP contribution in [0.5, 0.6) is 5.75 Å². The third-order valence-corrected chi connectivity index (χ3v) is 4.81. The van der Waals surface area contributed by atoms with Crippen LogP contribution in [0.4, 0.5) is 5.69 Å². The van der Waals surface area contributed by atoms with E-state index in [1.807, 2.05) is 43.3 Å². The van der Waals surface area contributed by atoms with Gasteiger partial charge in [-0.15, -0.1) is 0 Å². The largest absolute Gasteiger partial charge is 0.496 e. The lowest BCUT2D eigenvalue weighted by molar-refractivity contribution is 0.102. The maximum absolute atomic E-state index is 12.7. The number of nitrogens with one attached hydrogen (secondary N) is 1. The van der Waals surface area contributed by atoms with Gasteiger partial charge in [0.1, 0.15) is 11.3 Å². The molecule has 3 aromatic carbocycles. The molecule has 4 rings (SSSR count). The van der Waals surface area contributed by atoms with E-state index < -0.39 is 0 Å². The van der Waals surface area contributed by atoms with E-state index in [1.165, 1.54) is 7.11 Å². The van der Waals surface area contributed by atoms with Gasteiger partial charge in [0.15, 0.2) is 5.58 Å². The average Bonchev–Trinajstić information content (AvgIpc) is 3.11. The van der Waals surface area contributed by atoms with Crippen LogP contribution in [-0.2, 0) is 0 Å². The molecular formula is C22H17BrN2O3. The number of fused-ring (bicyclic) bond motifs is 1. The molecule has 4 aromatic rings. The van der Waals surface area contributed by atoms with Gasteiger partial charge >= 0.3 is 0 Å². The fourth-order valence-electron chi connectivity index (χ4n) is 2.96. The number of aromatic nitrogens is 1. The van der Waals surface area contributed by atoms with Gasteiger partial charge in [0.25, 0.3) is 5.91 Å². The van der Waals surface area contributed by atoms with Gasteiger partial charge < -0.3 is 14.5 Å². The van der Waals surface area contributed by atoms with Crippen LogP contribution in [0.15, 0.2) is 69.6 Å². The molecule has 1 heterocycles. The Hall–Kier alpha value is -3.12. The first-order valence-corrected chi connectivity index (χ1v) is 9.45. The Morgan fingerprint density at radius 2 is 1.96 bits per heavy atom. The molecule has 1 amide bonds. The number of oxazole rings is 1. The first-order chi connectivity index (χ1) is 13.5. The summed E-state index contributed by atoms with van der Waals surface area (Å²) in [6.45, 7) is 2.02. The summed E-state index contributed by atoms with van der Waals surface area (Å²) in [7, 11) is 1.54. The van der Waals surface area contributed by atoms with E-state index in [1.54, 1.807) is 24.3 Å². The van der Waals surface area contributed by atoms with Crippen molar-refractivity contribution in [3.8, 4) is 17.2 Å². The summed E-state index contributed by atoms with van der Waals surface area (Å²) in [5.74, 6) is 0.787. The third kappa shape index (κ3) is 3.64. The minimum atomic E-state index is -0.268. The van der Waals surface area contributed by atoms with Gasteiger partial charge in [-0.3, -0.25) is 4.79 Å². The number of halogens is 1. The molecule has 0 radical (unpaired) electrons. The summed E-state index contributed by atoms with van der Waals surface area (Å²) in [6, 6.07) is 18.6. The molecule has 1 aromatic heterocycles. The highest BCUT2D eigenvalue weighted by Gasteiger charge is 2.14. The van der Waals surface area contributed by atoms with Gasteiger partial charge in [-0.25, -0.2) is 4.98 Å². The van der Waals surface area contributed by atoms with Crippen molar-refractivity contribution in [3.05, 3.63) is 76.3 Å². The summed E-state index contributed by atoms with van der Waals surface area (Å²) in [5, 5.41) is 2.88. The van der Waals surface area contributed by atoms with Gasteiger partial charge in [0.2, 0.25) is 5.89 Å². The number of nitrogens with zero attached hydrogens (tertiary/aromatic N) is 1. The van der Waals surface area contributed by atoms with Crippen molar-refractivity contribution >= 4 is 38.6 Å². The van der Waals surface area contributed by atoms with E-state index in [-0.39, 0.29) is 5.91 Å². The molecule has 140 valence electrons. The Kier molecular flexibility index (Phi) is 4.88. The predicted molar refractivity (Wildman–Crippen MR) is 113 cm³/mol. The Morgan fingerprint density at radius 1 is 1.11 bits per heavy atom. The van der Waals surface area contributed by atoms with Gasteiger partial charge in [0, 0.05) is 21.8 Å². The first kappa shape index (κ1) is 18.3. The van der Waals surface area contributed by atoms with Crippen molar-refractivity contribution in [1.82, 2.24) is 4.98 Å². The van der Waals surface area contributed by atoms with E-state index in [2.05, 4.69) is 26.2 Å². The van der Waals surface area contributed by atoms with Gasteiger partial charge in [0.05, 0.1) is 12.7 Å². The molecule has 0 unspecified atom stereocenters. The fourth-order valence-corrected chi connectivity index (χ4v) is 3.32. The summed E-state index contributed by atoms with van der Waals surface area (Å²) in [4.78, 5) is 17.2. The van der Waals surface area contributed by atoms with Crippen molar-refractivity contribution in [2.45, 2.75) is 6.92 Å². The topological polar surface area (TPSA) is 64.4 Å². The zero-order valence-electron chi connectivity index (χ0n) is 15.3. The highest BCUT2D eigenvalue weighted by atomic mass is 79.9. The normalized spacial score (nSPS) is 10.8. The van der Waals surface area contributed by atoms with Gasteiger partial charge in [-0.1, -0.05) is 33.6 Å². The highest BCUT2D eigenvalue weighted by Crippen LogP contribution is 2.28. The summed E-state index contributed by atoms with van der Waals surface area (Å²) in [5.41, 5.74) is 4.45. The number of rotatable bonds is 4. The Labute approximate surface area is 170 Å². The van der Waals surface area contributed by atoms with Crippen LogP contribution in [-0.4, -0.2) is 18.0 Å². The minimum Gasteiger partial charge on any atom is -0.496 e. The van der Waals surface area contributed by atoms with E-state index in [9.17, 15) is 4.79 Å². The van der Waals surface area contributed by atoms with Crippen molar-refractivity contribution in [2.75, 3.05) is 12.4 Å². The van der Waals surface area contributed by atoms with Crippen LogP contribution >= 0.6 is 15.9 Å². The molecular weight excluding hydrogens is 420 g/mol. The molecule has 0 bridgehead atoms. The molecule has 6 heteroatoms. The molecule has 0 aliphatic heterocycles. The van der Waals surface area contributed by atoms with Crippen LogP contribution in [0.2, 0.25) is 0 Å². The lowest BCUT2D eigenvalue weighted by atomic mass is 10.1. The van der Waals surface area contributed by atoms with Crippen molar-refractivity contribution in [3.63, 3.8) is 0 Å². The second kappa shape index (κ2) is 7.48. The minimum absolute atomic E-state index is 0.268. The van der Waals surface area contributed by atoms with Gasteiger partial charge in [-0.05, 0) is 49.4 Å². The maximum Gasteiger partial charge on any atom is 0.259 e. The van der Waals surface area contributed by atoms with E-state index in [4.69, 9.17) is 9.15 Å². The van der Waals surface area contributed by atoms with Gasteiger partial charge in [-0.2, -0.15) is 0 Å². The van der Waals surface area contributed by atoms with E-state index in [0.29, 0.717) is 28.5 Å². The molecule has 0 aliphatic rings. The summed E-state index contributed by atoms with van der Waals surface area (Å²) in [6.07, 6.45) is 0. The van der Waals surface area contributed by atoms with Crippen LogP contribution in [0.3, 0.4) is 0 Å². The maximum atomic E-state index is 12.7. The lowest BCUT2D eigenvalue weighted by Gasteiger charge is -2.09. The molecule has 0 saturated carbocycles. The third-order valence-electron chi connectivity index (χ3n) is 4.32. The first-order valence-electron chi connectivity index (χ1n) is 8.66.